The monoisotopic (exact) mass is 398 g/mol. The lowest BCUT2D eigenvalue weighted by Gasteiger charge is -2.28. The van der Waals surface area contributed by atoms with Crippen molar-refractivity contribution >= 4 is 23.4 Å². The number of rotatable bonds is 7. The Morgan fingerprint density at radius 3 is 2.59 bits per heavy atom. The first-order chi connectivity index (χ1) is 13.9. The van der Waals surface area contributed by atoms with Crippen molar-refractivity contribution in [3.63, 3.8) is 0 Å². The van der Waals surface area contributed by atoms with Crippen molar-refractivity contribution in [3.05, 3.63) is 54.0 Å². The summed E-state index contributed by atoms with van der Waals surface area (Å²) < 4.78 is 5.08. The summed E-state index contributed by atoms with van der Waals surface area (Å²) in [5, 5.41) is 8.40. The molecule has 1 aliphatic rings. The number of benzene rings is 1. The van der Waals surface area contributed by atoms with Crippen LogP contribution in [0.4, 0.5) is 5.69 Å². The van der Waals surface area contributed by atoms with E-state index in [1.807, 2.05) is 43.0 Å². The van der Waals surface area contributed by atoms with Crippen molar-refractivity contribution in [2.45, 2.75) is 26.4 Å². The van der Waals surface area contributed by atoms with Crippen LogP contribution in [0, 0.1) is 5.92 Å². The molecule has 0 spiro atoms. The van der Waals surface area contributed by atoms with E-state index < -0.39 is 11.9 Å². The smallest absolute Gasteiger partial charge is 0.287 e. The summed E-state index contributed by atoms with van der Waals surface area (Å²) in [4.78, 5) is 38.3. The van der Waals surface area contributed by atoms with Crippen LogP contribution in [0.15, 0.2) is 47.1 Å². The Kier molecular flexibility index (Phi) is 6.54. The van der Waals surface area contributed by atoms with E-state index in [0.29, 0.717) is 19.6 Å². The zero-order valence-corrected chi connectivity index (χ0v) is 16.6. The van der Waals surface area contributed by atoms with Gasteiger partial charge in [0.25, 0.3) is 5.91 Å². The van der Waals surface area contributed by atoms with Gasteiger partial charge >= 0.3 is 0 Å². The Hall–Kier alpha value is -3.29. The van der Waals surface area contributed by atoms with Crippen molar-refractivity contribution in [2.24, 2.45) is 5.92 Å². The predicted molar refractivity (Wildman–Crippen MR) is 108 cm³/mol. The second-order valence-electron chi connectivity index (χ2n) is 7.33. The van der Waals surface area contributed by atoms with E-state index in [0.717, 1.165) is 17.8 Å². The molecule has 154 valence electrons. The SMILES string of the molecule is CC(C)C(NC(=O)c1ccco1)C(=O)NCc1ccc(N2CCNC(=O)C2)cc1. The number of hydrogen-bond donors (Lipinski definition) is 3. The average Bonchev–Trinajstić information content (AvgIpc) is 3.25. The van der Waals surface area contributed by atoms with E-state index in [9.17, 15) is 14.4 Å². The van der Waals surface area contributed by atoms with E-state index >= 15 is 0 Å². The predicted octanol–water partition coefficient (Wildman–Crippen LogP) is 1.29. The van der Waals surface area contributed by atoms with Gasteiger partial charge in [-0.1, -0.05) is 26.0 Å². The fourth-order valence-electron chi connectivity index (χ4n) is 3.14. The number of amides is 3. The molecule has 1 aromatic carbocycles. The molecule has 0 saturated carbocycles. The highest BCUT2D eigenvalue weighted by Crippen LogP contribution is 2.16. The lowest BCUT2D eigenvalue weighted by molar-refractivity contribution is -0.124. The Balaban J connectivity index is 1.55. The van der Waals surface area contributed by atoms with E-state index in [1.165, 1.54) is 6.26 Å². The summed E-state index contributed by atoms with van der Waals surface area (Å²) >= 11 is 0. The molecule has 0 aliphatic carbocycles. The fraction of sp³-hybridized carbons (Fsp3) is 0.381. The lowest BCUT2D eigenvalue weighted by atomic mass is 10.0. The number of nitrogens with one attached hydrogen (secondary N) is 3. The van der Waals surface area contributed by atoms with Gasteiger partial charge in [-0.05, 0) is 35.7 Å². The van der Waals surface area contributed by atoms with Gasteiger partial charge in [0.15, 0.2) is 5.76 Å². The van der Waals surface area contributed by atoms with E-state index in [1.54, 1.807) is 12.1 Å². The number of carbonyl (C=O) groups excluding carboxylic acids is 3. The van der Waals surface area contributed by atoms with Crippen LogP contribution in [0.5, 0.6) is 0 Å². The minimum atomic E-state index is -0.668. The Morgan fingerprint density at radius 2 is 1.97 bits per heavy atom. The van der Waals surface area contributed by atoms with Gasteiger partial charge in [0.2, 0.25) is 11.8 Å². The molecule has 1 atom stereocenters. The molecular weight excluding hydrogens is 372 g/mol. The molecule has 2 heterocycles. The summed E-state index contributed by atoms with van der Waals surface area (Å²) in [7, 11) is 0. The molecule has 3 N–H and O–H groups in total. The van der Waals surface area contributed by atoms with Crippen LogP contribution in [-0.2, 0) is 16.1 Å². The number of nitrogens with zero attached hydrogens (tertiary/aromatic N) is 1. The van der Waals surface area contributed by atoms with Gasteiger partial charge in [-0.2, -0.15) is 0 Å². The quantitative estimate of drug-likeness (QED) is 0.652. The summed E-state index contributed by atoms with van der Waals surface area (Å²) in [6, 6.07) is 10.2. The number of anilines is 1. The van der Waals surface area contributed by atoms with Crippen LogP contribution >= 0.6 is 0 Å². The summed E-state index contributed by atoms with van der Waals surface area (Å²) in [5.74, 6) is -0.564. The van der Waals surface area contributed by atoms with Gasteiger partial charge in [-0.25, -0.2) is 0 Å². The molecule has 1 aromatic heterocycles. The number of hydrogen-bond acceptors (Lipinski definition) is 5. The van der Waals surface area contributed by atoms with Crippen LogP contribution < -0.4 is 20.9 Å². The summed E-state index contributed by atoms with van der Waals surface area (Å²) in [5.41, 5.74) is 1.91. The van der Waals surface area contributed by atoms with Crippen molar-refractivity contribution < 1.29 is 18.8 Å². The molecule has 1 aliphatic heterocycles. The molecule has 0 bridgehead atoms. The minimum Gasteiger partial charge on any atom is -0.459 e. The van der Waals surface area contributed by atoms with Crippen LogP contribution in [0.25, 0.3) is 0 Å². The molecule has 2 aromatic rings. The third kappa shape index (κ3) is 5.37. The highest BCUT2D eigenvalue weighted by atomic mass is 16.3. The van der Waals surface area contributed by atoms with E-state index in [4.69, 9.17) is 4.42 Å². The molecule has 3 amide bonds. The van der Waals surface area contributed by atoms with Gasteiger partial charge in [-0.3, -0.25) is 14.4 Å². The fourth-order valence-corrected chi connectivity index (χ4v) is 3.14. The topological polar surface area (TPSA) is 104 Å². The first kappa shape index (κ1) is 20.4. The molecule has 0 radical (unpaired) electrons. The average molecular weight is 398 g/mol. The Labute approximate surface area is 169 Å². The zero-order chi connectivity index (χ0) is 20.8. The second-order valence-corrected chi connectivity index (χ2v) is 7.33. The largest absolute Gasteiger partial charge is 0.459 e. The Morgan fingerprint density at radius 1 is 1.21 bits per heavy atom. The molecule has 1 fully saturated rings. The number of carbonyl (C=O) groups is 3. The maximum absolute atomic E-state index is 12.6. The number of furan rings is 1. The van der Waals surface area contributed by atoms with Gasteiger partial charge in [0.05, 0.1) is 12.8 Å². The molecule has 3 rings (SSSR count). The van der Waals surface area contributed by atoms with Gasteiger partial charge in [0, 0.05) is 25.3 Å². The standard InChI is InChI=1S/C21H26N4O4/c1-14(2)19(24-20(27)17-4-3-11-29-17)21(28)23-12-15-5-7-16(8-6-15)25-10-9-22-18(26)13-25/h3-8,11,14,19H,9-10,12-13H2,1-2H3,(H,22,26)(H,23,28)(H,24,27). The van der Waals surface area contributed by atoms with Crippen LogP contribution in [-0.4, -0.2) is 43.4 Å². The molecule has 29 heavy (non-hydrogen) atoms. The highest BCUT2D eigenvalue weighted by molar-refractivity contribution is 5.95. The van der Waals surface area contributed by atoms with E-state index in [-0.39, 0.29) is 23.5 Å². The zero-order valence-electron chi connectivity index (χ0n) is 16.6. The summed E-state index contributed by atoms with van der Waals surface area (Å²) in [6.07, 6.45) is 1.42. The second kappa shape index (κ2) is 9.27. The molecule has 1 saturated heterocycles. The van der Waals surface area contributed by atoms with Crippen LogP contribution in [0.1, 0.15) is 30.0 Å². The third-order valence-corrected chi connectivity index (χ3v) is 4.79. The van der Waals surface area contributed by atoms with Crippen molar-refractivity contribution in [1.29, 1.82) is 0 Å². The summed E-state index contributed by atoms with van der Waals surface area (Å²) in [6.45, 7) is 5.84. The minimum absolute atomic E-state index is 0.0175. The molecule has 1 unspecified atom stereocenters. The third-order valence-electron chi connectivity index (χ3n) is 4.79. The van der Waals surface area contributed by atoms with Gasteiger partial charge < -0.3 is 25.3 Å². The maximum atomic E-state index is 12.6. The molecule has 8 nitrogen and oxygen atoms in total. The first-order valence-corrected chi connectivity index (χ1v) is 9.66. The molecule has 8 heteroatoms. The van der Waals surface area contributed by atoms with Gasteiger partial charge in [0.1, 0.15) is 6.04 Å². The van der Waals surface area contributed by atoms with E-state index in [2.05, 4.69) is 16.0 Å². The Bertz CT molecular complexity index is 846. The van der Waals surface area contributed by atoms with Crippen LogP contribution in [0.3, 0.4) is 0 Å². The molecular formula is C21H26N4O4. The normalized spacial score (nSPS) is 15.0. The lowest BCUT2D eigenvalue weighted by Crippen LogP contribution is -2.49. The van der Waals surface area contributed by atoms with Crippen molar-refractivity contribution in [1.82, 2.24) is 16.0 Å². The van der Waals surface area contributed by atoms with Crippen molar-refractivity contribution in [3.8, 4) is 0 Å². The maximum Gasteiger partial charge on any atom is 0.287 e. The van der Waals surface area contributed by atoms with Crippen LogP contribution in [0.2, 0.25) is 0 Å². The number of piperazine rings is 1. The van der Waals surface area contributed by atoms with Crippen molar-refractivity contribution in [2.75, 3.05) is 24.5 Å². The highest BCUT2D eigenvalue weighted by Gasteiger charge is 2.25. The first-order valence-electron chi connectivity index (χ1n) is 9.66. The van der Waals surface area contributed by atoms with Gasteiger partial charge in [-0.15, -0.1) is 0 Å².